The number of carbonyl (C=O) groups is 2. The van der Waals surface area contributed by atoms with Crippen molar-refractivity contribution in [2.45, 2.75) is 19.5 Å². The predicted octanol–water partition coefficient (Wildman–Crippen LogP) is 4.70. The summed E-state index contributed by atoms with van der Waals surface area (Å²) in [6, 6.07) is 16.4. The number of anilines is 1. The van der Waals surface area contributed by atoms with Gasteiger partial charge in [-0.25, -0.2) is 8.78 Å². The van der Waals surface area contributed by atoms with Gasteiger partial charge in [0.15, 0.2) is 6.61 Å². The predicted molar refractivity (Wildman–Crippen MR) is 112 cm³/mol. The van der Waals surface area contributed by atoms with Crippen LogP contribution in [0.4, 0.5) is 14.5 Å². The average Bonchev–Trinajstić information content (AvgIpc) is 2.92. The highest BCUT2D eigenvalue weighted by Crippen LogP contribution is 2.31. The van der Waals surface area contributed by atoms with Crippen molar-refractivity contribution in [2.75, 3.05) is 11.9 Å². The minimum atomic E-state index is -0.608. The number of benzene rings is 3. The quantitative estimate of drug-likeness (QED) is 0.663. The van der Waals surface area contributed by atoms with Crippen LogP contribution in [0.5, 0.6) is 5.75 Å². The lowest BCUT2D eigenvalue weighted by Crippen LogP contribution is -2.34. The number of ether oxygens (including phenoxy) is 1. The molecule has 0 radical (unpaired) electrons. The second kappa shape index (κ2) is 8.55. The van der Waals surface area contributed by atoms with Gasteiger partial charge >= 0.3 is 0 Å². The second-order valence-electron chi connectivity index (χ2n) is 7.29. The molecule has 2 amide bonds. The molecule has 0 spiro atoms. The molecular weight excluding hydrogens is 402 g/mol. The molecule has 1 atom stereocenters. The van der Waals surface area contributed by atoms with Gasteiger partial charge in [-0.05, 0) is 55.0 Å². The molecule has 0 aliphatic carbocycles. The van der Waals surface area contributed by atoms with Crippen molar-refractivity contribution >= 4 is 17.5 Å². The van der Waals surface area contributed by atoms with E-state index in [-0.39, 0.29) is 36.5 Å². The van der Waals surface area contributed by atoms with E-state index in [0.717, 1.165) is 5.56 Å². The van der Waals surface area contributed by atoms with Gasteiger partial charge in [-0.3, -0.25) is 9.59 Å². The lowest BCUT2D eigenvalue weighted by Gasteiger charge is -2.28. The summed E-state index contributed by atoms with van der Waals surface area (Å²) >= 11 is 0. The zero-order chi connectivity index (χ0) is 22.0. The van der Waals surface area contributed by atoms with E-state index < -0.39 is 11.7 Å². The number of fused-ring (bicyclic) bond motifs is 1. The van der Waals surface area contributed by atoms with E-state index in [1.54, 1.807) is 41.3 Å². The fourth-order valence-corrected chi connectivity index (χ4v) is 3.53. The van der Waals surface area contributed by atoms with Gasteiger partial charge in [-0.2, -0.15) is 0 Å². The van der Waals surface area contributed by atoms with Crippen molar-refractivity contribution in [3.63, 3.8) is 0 Å². The Bertz CT molecular complexity index is 1130. The Kier molecular flexibility index (Phi) is 5.66. The summed E-state index contributed by atoms with van der Waals surface area (Å²) in [5.41, 5.74) is 1.89. The van der Waals surface area contributed by atoms with Crippen LogP contribution in [-0.2, 0) is 11.3 Å². The molecule has 0 bridgehead atoms. The van der Waals surface area contributed by atoms with Crippen molar-refractivity contribution < 1.29 is 23.1 Å². The van der Waals surface area contributed by atoms with Crippen molar-refractivity contribution in [3.05, 3.63) is 95.1 Å². The smallest absolute Gasteiger partial charge is 0.261 e. The van der Waals surface area contributed by atoms with Crippen LogP contribution in [0, 0.1) is 11.6 Å². The number of nitrogens with zero attached hydrogens (tertiary/aromatic N) is 1. The van der Waals surface area contributed by atoms with Gasteiger partial charge in [-0.1, -0.05) is 24.3 Å². The summed E-state index contributed by atoms with van der Waals surface area (Å²) in [6.07, 6.45) is 0. The first-order valence-corrected chi connectivity index (χ1v) is 9.79. The summed E-state index contributed by atoms with van der Waals surface area (Å²) in [4.78, 5) is 26.7. The van der Waals surface area contributed by atoms with Gasteiger partial charge in [0.05, 0.1) is 18.2 Å². The monoisotopic (exact) mass is 422 g/mol. The topological polar surface area (TPSA) is 58.6 Å². The second-order valence-corrected chi connectivity index (χ2v) is 7.29. The lowest BCUT2D eigenvalue weighted by molar-refractivity contribution is -0.135. The van der Waals surface area contributed by atoms with Crippen LogP contribution < -0.4 is 10.1 Å². The third-order valence-electron chi connectivity index (χ3n) is 5.27. The summed E-state index contributed by atoms with van der Waals surface area (Å²) in [5.74, 6) is -1.19. The molecule has 1 aliphatic rings. The summed E-state index contributed by atoms with van der Waals surface area (Å²) in [7, 11) is 0. The Balaban J connectivity index is 1.58. The summed E-state index contributed by atoms with van der Waals surface area (Å²) < 4.78 is 32.8. The number of carbonyl (C=O) groups excluding carboxylic acids is 2. The standard InChI is InChI=1S/C24H20F2N2O3/c1-15(16-6-8-18(25)9-7-16)28-13-17-12-19(10-11-22(17)31-14-23(28)29)27-24(30)20-4-2-3-5-21(20)26/h2-12,15H,13-14H2,1H3,(H,27,30). The molecule has 0 aromatic heterocycles. The normalized spacial score (nSPS) is 14.3. The highest BCUT2D eigenvalue weighted by molar-refractivity contribution is 6.04. The summed E-state index contributed by atoms with van der Waals surface area (Å²) in [5, 5.41) is 2.68. The molecule has 7 heteroatoms. The molecule has 1 unspecified atom stereocenters. The Morgan fingerprint density at radius 1 is 1.06 bits per heavy atom. The Morgan fingerprint density at radius 2 is 1.81 bits per heavy atom. The first-order chi connectivity index (χ1) is 14.9. The van der Waals surface area contributed by atoms with Gasteiger partial charge in [0.2, 0.25) is 0 Å². The zero-order valence-corrected chi connectivity index (χ0v) is 16.8. The third kappa shape index (κ3) is 4.40. The third-order valence-corrected chi connectivity index (χ3v) is 5.27. The van der Waals surface area contributed by atoms with Crippen LogP contribution in [0.3, 0.4) is 0 Å². The van der Waals surface area contributed by atoms with Crippen molar-refractivity contribution in [1.82, 2.24) is 4.90 Å². The number of hydrogen-bond acceptors (Lipinski definition) is 3. The molecule has 1 aliphatic heterocycles. The lowest BCUT2D eigenvalue weighted by atomic mass is 10.1. The average molecular weight is 422 g/mol. The molecule has 3 aromatic rings. The van der Waals surface area contributed by atoms with Crippen LogP contribution in [0.2, 0.25) is 0 Å². The number of hydrogen-bond donors (Lipinski definition) is 1. The minimum absolute atomic E-state index is 0.0598. The largest absolute Gasteiger partial charge is 0.483 e. The van der Waals surface area contributed by atoms with E-state index in [1.165, 1.54) is 30.3 Å². The van der Waals surface area contributed by atoms with Crippen LogP contribution in [0.25, 0.3) is 0 Å². The Hall–Kier alpha value is -3.74. The van der Waals surface area contributed by atoms with Crippen LogP contribution in [0.1, 0.15) is 34.5 Å². The van der Waals surface area contributed by atoms with Crippen molar-refractivity contribution in [1.29, 1.82) is 0 Å². The maximum absolute atomic E-state index is 13.9. The summed E-state index contributed by atoms with van der Waals surface area (Å²) in [6.45, 7) is 1.98. The van der Waals surface area contributed by atoms with Crippen LogP contribution in [-0.4, -0.2) is 23.3 Å². The van der Waals surface area contributed by atoms with E-state index in [4.69, 9.17) is 4.74 Å². The first kappa shape index (κ1) is 20.5. The first-order valence-electron chi connectivity index (χ1n) is 9.79. The maximum Gasteiger partial charge on any atom is 0.261 e. The number of halogens is 2. The molecule has 3 aromatic carbocycles. The van der Waals surface area contributed by atoms with Gasteiger partial charge in [-0.15, -0.1) is 0 Å². The highest BCUT2D eigenvalue weighted by atomic mass is 19.1. The fourth-order valence-electron chi connectivity index (χ4n) is 3.53. The van der Waals surface area contributed by atoms with Crippen molar-refractivity contribution in [2.24, 2.45) is 0 Å². The number of amides is 2. The molecule has 0 saturated carbocycles. The van der Waals surface area contributed by atoms with Gasteiger partial charge < -0.3 is 15.0 Å². The van der Waals surface area contributed by atoms with E-state index in [9.17, 15) is 18.4 Å². The Labute approximate surface area is 178 Å². The molecule has 31 heavy (non-hydrogen) atoms. The molecule has 4 rings (SSSR count). The molecule has 158 valence electrons. The van der Waals surface area contributed by atoms with E-state index in [0.29, 0.717) is 17.0 Å². The van der Waals surface area contributed by atoms with Gasteiger partial charge in [0.25, 0.3) is 11.8 Å². The van der Waals surface area contributed by atoms with Crippen LogP contribution >= 0.6 is 0 Å². The molecule has 0 fully saturated rings. The Morgan fingerprint density at radius 3 is 2.55 bits per heavy atom. The van der Waals surface area contributed by atoms with E-state index in [1.807, 2.05) is 6.92 Å². The van der Waals surface area contributed by atoms with Gasteiger partial charge in [0.1, 0.15) is 17.4 Å². The molecule has 0 saturated heterocycles. The minimum Gasteiger partial charge on any atom is -0.483 e. The number of nitrogens with one attached hydrogen (secondary N) is 1. The number of rotatable bonds is 4. The molecular formula is C24H20F2N2O3. The fraction of sp³-hybridized carbons (Fsp3) is 0.167. The van der Waals surface area contributed by atoms with E-state index >= 15 is 0 Å². The SMILES string of the molecule is CC(c1ccc(F)cc1)N1Cc2cc(NC(=O)c3ccccc3F)ccc2OCC1=O. The highest BCUT2D eigenvalue weighted by Gasteiger charge is 2.27. The zero-order valence-electron chi connectivity index (χ0n) is 16.8. The van der Waals surface area contributed by atoms with Crippen LogP contribution in [0.15, 0.2) is 66.7 Å². The van der Waals surface area contributed by atoms with Crippen molar-refractivity contribution in [3.8, 4) is 5.75 Å². The van der Waals surface area contributed by atoms with E-state index in [2.05, 4.69) is 5.32 Å². The molecule has 1 N–H and O–H groups in total. The molecule has 1 heterocycles. The molecule has 5 nitrogen and oxygen atoms in total. The van der Waals surface area contributed by atoms with Gasteiger partial charge in [0, 0.05) is 11.3 Å². The maximum atomic E-state index is 13.9.